The topological polar surface area (TPSA) is 77.9 Å². The lowest BCUT2D eigenvalue weighted by Gasteiger charge is -2.00. The maximum Gasteiger partial charge on any atom is 0.251 e. The van der Waals surface area contributed by atoms with Crippen molar-refractivity contribution in [3.63, 3.8) is 0 Å². The quantitative estimate of drug-likeness (QED) is 0.437. The average Bonchev–Trinajstić information content (AvgIpc) is 2.20. The molecule has 1 N–H and O–H groups in total. The second-order valence-electron chi connectivity index (χ2n) is 2.43. The number of halogens is 1. The molecule has 0 heterocycles. The van der Waals surface area contributed by atoms with Crippen molar-refractivity contribution >= 4 is 11.6 Å². The van der Waals surface area contributed by atoms with E-state index in [1.54, 1.807) is 0 Å². The van der Waals surface area contributed by atoms with Crippen LogP contribution < -0.4 is 5.32 Å². The van der Waals surface area contributed by atoms with Crippen molar-refractivity contribution in [1.82, 2.24) is 5.32 Å². The number of benzene rings is 1. The van der Waals surface area contributed by atoms with Crippen LogP contribution in [0, 0.1) is 5.82 Å². The summed E-state index contributed by atoms with van der Waals surface area (Å²) in [6, 6.07) is 3.58. The van der Waals surface area contributed by atoms with Gasteiger partial charge in [-0.1, -0.05) is 5.11 Å². The van der Waals surface area contributed by atoms with E-state index in [9.17, 15) is 9.18 Å². The van der Waals surface area contributed by atoms with Gasteiger partial charge in [-0.15, -0.1) is 0 Å². The molecule has 0 spiro atoms. The largest absolute Gasteiger partial charge is 0.355 e. The number of nitrogens with one attached hydrogen (secondary N) is 1. The molecule has 1 rings (SSSR count). The zero-order chi connectivity index (χ0) is 10.6. The van der Waals surface area contributed by atoms with Crippen molar-refractivity contribution < 1.29 is 9.18 Å². The fourth-order valence-electron chi connectivity index (χ4n) is 0.923. The zero-order valence-corrected chi connectivity index (χ0v) is 7.36. The van der Waals surface area contributed by atoms with Gasteiger partial charge in [0.1, 0.15) is 5.82 Å². The molecule has 14 heavy (non-hydrogen) atoms. The van der Waals surface area contributed by atoms with Crippen LogP contribution in [0.4, 0.5) is 10.1 Å². The monoisotopic (exact) mass is 194 g/mol. The van der Waals surface area contributed by atoms with Gasteiger partial charge in [-0.2, -0.15) is 0 Å². The lowest BCUT2D eigenvalue weighted by molar-refractivity contribution is 0.0963. The van der Waals surface area contributed by atoms with Crippen LogP contribution in [-0.4, -0.2) is 13.0 Å². The van der Waals surface area contributed by atoms with E-state index in [1.165, 1.54) is 19.2 Å². The first-order valence-electron chi connectivity index (χ1n) is 3.75. The van der Waals surface area contributed by atoms with Crippen LogP contribution in [0.15, 0.2) is 23.3 Å². The van der Waals surface area contributed by atoms with E-state index in [0.717, 1.165) is 6.07 Å². The first-order valence-corrected chi connectivity index (χ1v) is 3.75. The van der Waals surface area contributed by atoms with Crippen LogP contribution in [-0.2, 0) is 0 Å². The van der Waals surface area contributed by atoms with Crippen LogP contribution >= 0.6 is 0 Å². The minimum atomic E-state index is -0.657. The van der Waals surface area contributed by atoms with Gasteiger partial charge in [0, 0.05) is 17.5 Å². The third kappa shape index (κ3) is 1.99. The molecule has 0 saturated heterocycles. The summed E-state index contributed by atoms with van der Waals surface area (Å²) in [6.07, 6.45) is 0. The fourth-order valence-corrected chi connectivity index (χ4v) is 0.923. The predicted octanol–water partition coefficient (Wildman–Crippen LogP) is 2.13. The van der Waals surface area contributed by atoms with Gasteiger partial charge in [-0.3, -0.25) is 4.79 Å². The Balaban J connectivity index is 3.18. The van der Waals surface area contributed by atoms with Crippen molar-refractivity contribution in [3.8, 4) is 0 Å². The van der Waals surface area contributed by atoms with Crippen molar-refractivity contribution in [3.05, 3.63) is 40.0 Å². The highest BCUT2D eigenvalue weighted by Gasteiger charge is 2.06. The Hall–Kier alpha value is -2.07. The van der Waals surface area contributed by atoms with E-state index in [4.69, 9.17) is 5.53 Å². The van der Waals surface area contributed by atoms with Gasteiger partial charge in [0.25, 0.3) is 5.91 Å². The Morgan fingerprint density at radius 1 is 1.64 bits per heavy atom. The average molecular weight is 194 g/mol. The Morgan fingerprint density at radius 3 is 2.93 bits per heavy atom. The molecule has 0 unspecified atom stereocenters. The van der Waals surface area contributed by atoms with Gasteiger partial charge in [0.15, 0.2) is 0 Å². The van der Waals surface area contributed by atoms with Gasteiger partial charge in [0.2, 0.25) is 0 Å². The molecule has 72 valence electrons. The maximum atomic E-state index is 12.9. The zero-order valence-electron chi connectivity index (χ0n) is 7.36. The number of hydrogen-bond acceptors (Lipinski definition) is 2. The first-order chi connectivity index (χ1) is 6.69. The van der Waals surface area contributed by atoms with Crippen molar-refractivity contribution in [1.29, 1.82) is 0 Å². The van der Waals surface area contributed by atoms with Gasteiger partial charge in [0.05, 0.1) is 5.69 Å². The second-order valence-corrected chi connectivity index (χ2v) is 2.43. The molecule has 0 saturated carbocycles. The highest BCUT2D eigenvalue weighted by atomic mass is 19.1. The SMILES string of the molecule is CNC(=O)c1ccc(F)c(N=[N+]=[N-])c1. The molecular formula is C8H7FN4O. The Bertz CT molecular complexity index is 412. The molecule has 0 aliphatic carbocycles. The smallest absolute Gasteiger partial charge is 0.251 e. The number of carbonyl (C=O) groups excluding carboxylic acids is 1. The molecule has 1 aromatic carbocycles. The summed E-state index contributed by atoms with van der Waals surface area (Å²) in [7, 11) is 1.46. The molecule has 0 atom stereocenters. The third-order valence-electron chi connectivity index (χ3n) is 1.59. The molecule has 6 heteroatoms. The number of hydrogen-bond donors (Lipinski definition) is 1. The Kier molecular flexibility index (Phi) is 3.04. The lowest BCUT2D eigenvalue weighted by Crippen LogP contribution is -2.17. The van der Waals surface area contributed by atoms with E-state index in [0.29, 0.717) is 0 Å². The number of nitrogens with zero attached hydrogens (tertiary/aromatic N) is 3. The van der Waals surface area contributed by atoms with Gasteiger partial charge < -0.3 is 5.32 Å². The lowest BCUT2D eigenvalue weighted by atomic mass is 10.2. The summed E-state index contributed by atoms with van der Waals surface area (Å²) < 4.78 is 12.9. The summed E-state index contributed by atoms with van der Waals surface area (Å²) in [5, 5.41) is 5.48. The van der Waals surface area contributed by atoms with E-state index in [2.05, 4.69) is 15.3 Å². The van der Waals surface area contributed by atoms with Crippen LogP contribution in [0.1, 0.15) is 10.4 Å². The Labute approximate surface area is 79.2 Å². The molecule has 0 aromatic heterocycles. The minimum Gasteiger partial charge on any atom is -0.355 e. The molecule has 0 radical (unpaired) electrons. The molecular weight excluding hydrogens is 187 g/mol. The Morgan fingerprint density at radius 2 is 2.36 bits per heavy atom. The molecule has 0 aliphatic heterocycles. The summed E-state index contributed by atoms with van der Waals surface area (Å²) in [6.45, 7) is 0. The molecule has 1 aromatic rings. The van der Waals surface area contributed by atoms with Crippen molar-refractivity contribution in [2.24, 2.45) is 5.11 Å². The second kappa shape index (κ2) is 4.25. The van der Waals surface area contributed by atoms with Crippen LogP contribution in [0.5, 0.6) is 0 Å². The molecule has 0 bridgehead atoms. The summed E-state index contributed by atoms with van der Waals surface area (Å²) in [4.78, 5) is 13.6. The summed E-state index contributed by atoms with van der Waals surface area (Å²) in [5.74, 6) is -1.02. The predicted molar refractivity (Wildman–Crippen MR) is 48.6 cm³/mol. The van der Waals surface area contributed by atoms with Crippen molar-refractivity contribution in [2.75, 3.05) is 7.05 Å². The van der Waals surface area contributed by atoms with Crippen LogP contribution in [0.2, 0.25) is 0 Å². The summed E-state index contributed by atoms with van der Waals surface area (Å²) >= 11 is 0. The van der Waals surface area contributed by atoms with Crippen LogP contribution in [0.3, 0.4) is 0 Å². The number of amides is 1. The van der Waals surface area contributed by atoms with Crippen molar-refractivity contribution in [2.45, 2.75) is 0 Å². The molecule has 0 fully saturated rings. The normalized spacial score (nSPS) is 9.00. The molecule has 1 amide bonds. The van der Waals surface area contributed by atoms with E-state index < -0.39 is 5.82 Å². The van der Waals surface area contributed by atoms with Gasteiger partial charge in [-0.25, -0.2) is 4.39 Å². The van der Waals surface area contributed by atoms with Crippen LogP contribution in [0.25, 0.3) is 10.4 Å². The van der Waals surface area contributed by atoms with Gasteiger partial charge >= 0.3 is 0 Å². The molecule has 5 nitrogen and oxygen atoms in total. The minimum absolute atomic E-state index is 0.186. The van der Waals surface area contributed by atoms with E-state index in [1.807, 2.05) is 0 Å². The highest BCUT2D eigenvalue weighted by Crippen LogP contribution is 2.19. The van der Waals surface area contributed by atoms with Gasteiger partial charge in [-0.05, 0) is 23.7 Å². The van der Waals surface area contributed by atoms with E-state index in [-0.39, 0.29) is 17.2 Å². The fraction of sp³-hybridized carbons (Fsp3) is 0.125. The number of carbonyl (C=O) groups is 1. The number of rotatable bonds is 2. The number of azide groups is 1. The first kappa shape index (κ1) is 10.0. The van der Waals surface area contributed by atoms with E-state index >= 15 is 0 Å². The third-order valence-corrected chi connectivity index (χ3v) is 1.59. The highest BCUT2D eigenvalue weighted by molar-refractivity contribution is 5.94. The summed E-state index contributed by atoms with van der Waals surface area (Å²) in [5.41, 5.74) is 8.18. The molecule has 0 aliphatic rings. The standard InChI is InChI=1S/C8H7FN4O/c1-11-8(14)5-2-3-6(9)7(4-5)12-13-10/h2-4H,1H3,(H,11,14). The maximum absolute atomic E-state index is 12.9.